The highest BCUT2D eigenvalue weighted by Gasteiger charge is 2.18. The standard InChI is InChI=1S/C24H22N4O4/c1-16-12-20(17(2)27(16)11-10-18-6-4-3-5-7-18)23(29)14-26-15-25-22-9-8-19(28(31)32)13-21(22)24(26)30/h3-9,12-13,15H,10-11,14H2,1-2H3. The lowest BCUT2D eigenvalue weighted by atomic mass is 10.1. The van der Waals surface area contributed by atoms with Crippen LogP contribution in [0.3, 0.4) is 0 Å². The van der Waals surface area contributed by atoms with E-state index < -0.39 is 10.5 Å². The lowest BCUT2D eigenvalue weighted by Crippen LogP contribution is -2.25. The Kier molecular flexibility index (Phi) is 5.68. The molecule has 0 unspecified atom stereocenters. The lowest BCUT2D eigenvalue weighted by molar-refractivity contribution is -0.384. The van der Waals surface area contributed by atoms with Crippen molar-refractivity contribution in [2.24, 2.45) is 0 Å². The Morgan fingerprint density at radius 1 is 1.09 bits per heavy atom. The van der Waals surface area contributed by atoms with E-state index >= 15 is 0 Å². The van der Waals surface area contributed by atoms with Crippen molar-refractivity contribution in [1.82, 2.24) is 14.1 Å². The van der Waals surface area contributed by atoms with Crippen molar-refractivity contribution >= 4 is 22.4 Å². The summed E-state index contributed by atoms with van der Waals surface area (Å²) < 4.78 is 3.30. The van der Waals surface area contributed by atoms with Crippen LogP contribution in [0.1, 0.15) is 27.3 Å². The zero-order valence-corrected chi connectivity index (χ0v) is 17.8. The third-order valence-corrected chi connectivity index (χ3v) is 5.67. The highest BCUT2D eigenvalue weighted by Crippen LogP contribution is 2.19. The number of fused-ring (bicyclic) bond motifs is 1. The van der Waals surface area contributed by atoms with E-state index in [-0.39, 0.29) is 23.4 Å². The number of carbonyl (C=O) groups excluding carboxylic acids is 1. The number of ketones is 1. The summed E-state index contributed by atoms with van der Waals surface area (Å²) in [4.78, 5) is 40.5. The van der Waals surface area contributed by atoms with Crippen LogP contribution in [0.15, 0.2) is 65.7 Å². The predicted molar refractivity (Wildman–Crippen MR) is 121 cm³/mol. The molecular formula is C24H22N4O4. The number of aryl methyl sites for hydroxylation is 2. The van der Waals surface area contributed by atoms with Gasteiger partial charge in [0.25, 0.3) is 11.2 Å². The molecule has 0 aliphatic carbocycles. The summed E-state index contributed by atoms with van der Waals surface area (Å²) >= 11 is 0. The van der Waals surface area contributed by atoms with Gasteiger partial charge in [-0.3, -0.25) is 24.3 Å². The fourth-order valence-electron chi connectivity index (χ4n) is 3.93. The Labute approximate surface area is 183 Å². The van der Waals surface area contributed by atoms with Crippen molar-refractivity contribution in [2.75, 3.05) is 0 Å². The Morgan fingerprint density at radius 3 is 2.56 bits per heavy atom. The molecule has 4 rings (SSSR count). The normalized spacial score (nSPS) is 11.1. The van der Waals surface area contributed by atoms with Gasteiger partial charge in [-0.1, -0.05) is 30.3 Å². The second-order valence-electron chi connectivity index (χ2n) is 7.73. The first-order valence-corrected chi connectivity index (χ1v) is 10.2. The molecule has 0 spiro atoms. The molecule has 0 saturated carbocycles. The highest BCUT2D eigenvalue weighted by molar-refractivity contribution is 5.97. The van der Waals surface area contributed by atoms with Gasteiger partial charge in [0.2, 0.25) is 0 Å². The molecule has 0 bridgehead atoms. The Hall–Kier alpha value is -4.07. The van der Waals surface area contributed by atoms with Crippen molar-refractivity contribution in [1.29, 1.82) is 0 Å². The number of nitrogens with zero attached hydrogens (tertiary/aromatic N) is 4. The van der Waals surface area contributed by atoms with Crippen LogP contribution in [0.2, 0.25) is 0 Å². The molecule has 0 aliphatic rings. The van der Waals surface area contributed by atoms with Gasteiger partial charge in [0.15, 0.2) is 5.78 Å². The first-order chi connectivity index (χ1) is 15.3. The maximum Gasteiger partial charge on any atom is 0.270 e. The number of benzene rings is 2. The number of non-ortho nitro benzene ring substituents is 1. The van der Waals surface area contributed by atoms with E-state index in [2.05, 4.69) is 21.7 Å². The topological polar surface area (TPSA) is 100 Å². The van der Waals surface area contributed by atoms with E-state index in [1.165, 1.54) is 34.7 Å². The van der Waals surface area contributed by atoms with Gasteiger partial charge in [0.1, 0.15) is 0 Å². The average Bonchev–Trinajstić information content (AvgIpc) is 3.08. The van der Waals surface area contributed by atoms with Crippen LogP contribution in [0.25, 0.3) is 10.9 Å². The fraction of sp³-hybridized carbons (Fsp3) is 0.208. The first kappa shape index (κ1) is 21.2. The van der Waals surface area contributed by atoms with E-state index in [1.54, 1.807) is 0 Å². The summed E-state index contributed by atoms with van der Waals surface area (Å²) in [5.74, 6) is -0.210. The highest BCUT2D eigenvalue weighted by atomic mass is 16.6. The number of nitro benzene ring substituents is 1. The zero-order valence-electron chi connectivity index (χ0n) is 17.8. The predicted octanol–water partition coefficient (Wildman–Crippen LogP) is 3.85. The first-order valence-electron chi connectivity index (χ1n) is 10.2. The average molecular weight is 430 g/mol. The van der Waals surface area contributed by atoms with Gasteiger partial charge in [-0.15, -0.1) is 0 Å². The molecule has 2 aromatic carbocycles. The van der Waals surface area contributed by atoms with Gasteiger partial charge in [0, 0.05) is 35.6 Å². The number of Topliss-reactive ketones (excluding diaryl/α,β-unsaturated/α-hetero) is 1. The molecule has 2 aromatic heterocycles. The summed E-state index contributed by atoms with van der Waals surface area (Å²) in [6, 6.07) is 15.9. The number of rotatable bonds is 7. The van der Waals surface area contributed by atoms with E-state index in [1.807, 2.05) is 38.1 Å². The molecule has 0 radical (unpaired) electrons. The summed E-state index contributed by atoms with van der Waals surface area (Å²) in [5.41, 5.74) is 3.27. The zero-order chi connectivity index (χ0) is 22.8. The van der Waals surface area contributed by atoms with Gasteiger partial charge in [0.05, 0.1) is 28.7 Å². The fourth-order valence-corrected chi connectivity index (χ4v) is 3.93. The second kappa shape index (κ2) is 8.58. The quantitative estimate of drug-likeness (QED) is 0.252. The third kappa shape index (κ3) is 4.07. The molecule has 0 N–H and O–H groups in total. The minimum atomic E-state index is -0.564. The molecule has 0 atom stereocenters. The number of nitro groups is 1. The van der Waals surface area contributed by atoms with Crippen LogP contribution in [-0.2, 0) is 19.5 Å². The second-order valence-corrected chi connectivity index (χ2v) is 7.73. The maximum atomic E-state index is 13.0. The minimum absolute atomic E-state index is 0.114. The number of carbonyl (C=O) groups is 1. The van der Waals surface area contributed by atoms with Crippen LogP contribution in [0.5, 0.6) is 0 Å². The van der Waals surface area contributed by atoms with Gasteiger partial charge in [-0.25, -0.2) is 4.98 Å². The Morgan fingerprint density at radius 2 is 1.84 bits per heavy atom. The van der Waals surface area contributed by atoms with E-state index in [4.69, 9.17) is 0 Å². The van der Waals surface area contributed by atoms with Crippen LogP contribution in [0, 0.1) is 24.0 Å². The van der Waals surface area contributed by atoms with E-state index in [0.29, 0.717) is 11.1 Å². The van der Waals surface area contributed by atoms with Crippen LogP contribution >= 0.6 is 0 Å². The third-order valence-electron chi connectivity index (χ3n) is 5.67. The molecule has 8 nitrogen and oxygen atoms in total. The molecule has 8 heteroatoms. The van der Waals surface area contributed by atoms with Gasteiger partial charge >= 0.3 is 0 Å². The summed E-state index contributed by atoms with van der Waals surface area (Å²) in [6.07, 6.45) is 2.15. The number of aromatic nitrogens is 3. The molecule has 0 amide bonds. The Balaban J connectivity index is 1.59. The number of hydrogen-bond acceptors (Lipinski definition) is 5. The van der Waals surface area contributed by atoms with Gasteiger partial charge in [-0.05, 0) is 38.0 Å². The van der Waals surface area contributed by atoms with Crippen molar-refractivity contribution in [2.45, 2.75) is 33.4 Å². The summed E-state index contributed by atoms with van der Waals surface area (Å²) in [7, 11) is 0. The monoisotopic (exact) mass is 430 g/mol. The molecule has 32 heavy (non-hydrogen) atoms. The molecular weight excluding hydrogens is 408 g/mol. The molecule has 4 aromatic rings. The van der Waals surface area contributed by atoms with Gasteiger partial charge in [-0.2, -0.15) is 0 Å². The van der Waals surface area contributed by atoms with Crippen molar-refractivity contribution in [3.8, 4) is 0 Å². The minimum Gasteiger partial charge on any atom is -0.348 e. The lowest BCUT2D eigenvalue weighted by Gasteiger charge is -2.10. The summed E-state index contributed by atoms with van der Waals surface area (Å²) in [5, 5.41) is 11.2. The number of hydrogen-bond donors (Lipinski definition) is 0. The van der Waals surface area contributed by atoms with Gasteiger partial charge < -0.3 is 4.57 Å². The van der Waals surface area contributed by atoms with Crippen LogP contribution in [0.4, 0.5) is 5.69 Å². The van der Waals surface area contributed by atoms with Crippen molar-refractivity contribution < 1.29 is 9.72 Å². The van der Waals surface area contributed by atoms with Crippen LogP contribution in [-0.4, -0.2) is 24.8 Å². The largest absolute Gasteiger partial charge is 0.348 e. The Bertz CT molecular complexity index is 1390. The van der Waals surface area contributed by atoms with Crippen molar-refractivity contribution in [3.63, 3.8) is 0 Å². The molecule has 0 fully saturated rings. The SMILES string of the molecule is Cc1cc(C(=O)Cn2cnc3ccc([N+](=O)[O-])cc3c2=O)c(C)n1CCc1ccccc1. The molecule has 0 saturated heterocycles. The van der Waals surface area contributed by atoms with E-state index in [0.717, 1.165) is 24.4 Å². The molecule has 0 aliphatic heterocycles. The molecule has 2 heterocycles. The van der Waals surface area contributed by atoms with E-state index in [9.17, 15) is 19.7 Å². The smallest absolute Gasteiger partial charge is 0.270 e. The maximum absolute atomic E-state index is 13.0. The van der Waals surface area contributed by atoms with Crippen molar-refractivity contribution in [3.05, 3.63) is 104 Å². The van der Waals surface area contributed by atoms with Crippen LogP contribution < -0.4 is 5.56 Å². The summed E-state index contributed by atoms with van der Waals surface area (Å²) in [6.45, 7) is 4.41. The molecule has 162 valence electrons.